The van der Waals surface area contributed by atoms with Gasteiger partial charge in [-0.05, 0) is 154 Å². The summed E-state index contributed by atoms with van der Waals surface area (Å²) in [6, 6.07) is 96.4. The fourth-order valence-electron chi connectivity index (χ4n) is 14.0. The number of fused-ring (bicyclic) bond motifs is 14. The van der Waals surface area contributed by atoms with Crippen molar-refractivity contribution >= 4 is 112 Å². The zero-order valence-electron chi connectivity index (χ0n) is 57.6. The number of methoxy groups -OCH3 is 1. The van der Waals surface area contributed by atoms with Gasteiger partial charge in [-0.25, -0.2) is 43.8 Å². The maximum Gasteiger partial charge on any atom is 0.213 e. The average Bonchev–Trinajstić information content (AvgIpc) is 1.38. The molecule has 22 rings (SSSR count). The number of aromatic amines is 1. The van der Waals surface area contributed by atoms with Gasteiger partial charge in [-0.15, -0.1) is 0 Å². The van der Waals surface area contributed by atoms with Gasteiger partial charge in [-0.1, -0.05) is 182 Å². The molecule has 0 amide bonds. The van der Waals surface area contributed by atoms with Crippen LogP contribution in [0.5, 0.6) is 5.75 Å². The summed E-state index contributed by atoms with van der Waals surface area (Å²) < 4.78 is 15.1. The second kappa shape index (κ2) is 27.7. The van der Waals surface area contributed by atoms with E-state index in [9.17, 15) is 0 Å². The third-order valence-corrected chi connectivity index (χ3v) is 19.0. The van der Waals surface area contributed by atoms with Crippen LogP contribution in [-0.2, 0) is 6.42 Å². The van der Waals surface area contributed by atoms with E-state index in [1.807, 2.05) is 203 Å². The first-order valence-electron chi connectivity index (χ1n) is 34.9. The van der Waals surface area contributed by atoms with Crippen molar-refractivity contribution in [2.24, 2.45) is 15.2 Å². The molecule has 106 heavy (non-hydrogen) atoms. The number of pyridine rings is 2. The van der Waals surface area contributed by atoms with Crippen molar-refractivity contribution in [3.63, 3.8) is 0 Å². The molecule has 2 aliphatic heterocycles. The van der Waals surface area contributed by atoms with Crippen molar-refractivity contribution in [1.82, 2.24) is 62.7 Å². The number of ether oxygens (including phenoxy) is 1. The van der Waals surface area contributed by atoms with Gasteiger partial charge in [0.25, 0.3) is 0 Å². The lowest BCUT2D eigenvalue weighted by Gasteiger charge is -2.09. The summed E-state index contributed by atoms with van der Waals surface area (Å²) in [6.45, 7) is 2.10. The molecule has 2 aliphatic rings. The summed E-state index contributed by atoms with van der Waals surface area (Å²) in [7, 11) is 1.67. The first kappa shape index (κ1) is 63.6. The van der Waals surface area contributed by atoms with Crippen LogP contribution in [0.1, 0.15) is 22.9 Å². The zero-order valence-corrected chi connectivity index (χ0v) is 57.6. The van der Waals surface area contributed by atoms with Gasteiger partial charge in [-0.3, -0.25) is 9.38 Å². The van der Waals surface area contributed by atoms with Crippen molar-refractivity contribution in [3.05, 3.63) is 344 Å². The first-order valence-corrected chi connectivity index (χ1v) is 34.9. The Bertz CT molecular complexity index is 6740. The van der Waals surface area contributed by atoms with Crippen LogP contribution in [0, 0.1) is 6.92 Å². The van der Waals surface area contributed by atoms with Crippen LogP contribution in [-0.4, -0.2) is 87.9 Å². The maximum absolute atomic E-state index is 5.21. The van der Waals surface area contributed by atoms with E-state index in [4.69, 9.17) is 14.7 Å². The Morgan fingerprint density at radius 3 is 1.96 bits per heavy atom. The standard InChI is InChI=1S/C26H17N3.C21H14N4.C17H15N3O.C16H11N3.C9H7N3/c1-3-10-20-18(8-1)16-19-9-2-4-11-21(19)25(20)24-17-29-15-7-12-22(26(29)28-24)23-13-5-6-14-27-23;1-2-9-16(10-3-1)24-19-13-23-25-20(14-22-21(19)25)18-12-6-8-15-7-4-5-11-17(15)18;1-11-16(12-7-9-13(21-2)10-8-12)19-17-18-14-5-3-4-6-15(14)20(11)17;1-2-6-12(7-3-1)10-13-11-17-19-15-9-5-4-8-14(15)18-16(13)19;1-2-4-8-7(3-1)11-9-5-6-10-12(8)9/h1-17H;1-14H;3-10H,1-2H3,(H,18,19);1-11H;1-4,6H,5H2/b;;;13-10-;. The molecular formula is C89H64N16O. The number of nitrogens with zero attached hydrogens (tertiary/aromatic N) is 15. The summed E-state index contributed by atoms with van der Waals surface area (Å²) in [6.07, 6.45) is 16.3. The summed E-state index contributed by atoms with van der Waals surface area (Å²) in [5, 5.41) is 21.5. The molecule has 0 bridgehead atoms. The minimum absolute atomic E-state index is 0.770. The topological polar surface area (TPSA) is 175 Å². The van der Waals surface area contributed by atoms with Crippen molar-refractivity contribution < 1.29 is 4.74 Å². The number of nitrogens with one attached hydrogen (secondary N) is 1. The van der Waals surface area contributed by atoms with Crippen molar-refractivity contribution in [1.29, 1.82) is 0 Å². The molecule has 9 aromatic heterocycles. The van der Waals surface area contributed by atoms with Crippen molar-refractivity contribution in [2.75, 3.05) is 7.11 Å². The largest absolute Gasteiger partial charge is 0.497 e. The lowest BCUT2D eigenvalue weighted by atomic mass is 9.95. The molecule has 1 N–H and O–H groups in total. The molecule has 0 atom stereocenters. The molecule has 17 heteroatoms. The Kier molecular flexibility index (Phi) is 16.6. The summed E-state index contributed by atoms with van der Waals surface area (Å²) in [5.74, 6) is 3.54. The molecule has 0 fully saturated rings. The average molecular weight is 1370 g/mol. The van der Waals surface area contributed by atoms with E-state index in [1.54, 1.807) is 13.3 Å². The molecule has 506 valence electrons. The molecule has 0 unspecified atom stereocenters. The van der Waals surface area contributed by atoms with Gasteiger partial charge in [0, 0.05) is 64.4 Å². The number of aliphatic imine (C=N–C) groups is 1. The van der Waals surface area contributed by atoms with Crippen LogP contribution in [0.3, 0.4) is 0 Å². The van der Waals surface area contributed by atoms with Crippen LogP contribution < -0.4 is 9.96 Å². The van der Waals surface area contributed by atoms with E-state index < -0.39 is 0 Å². The molecule has 0 radical (unpaired) electrons. The summed E-state index contributed by atoms with van der Waals surface area (Å²) in [4.78, 5) is 36.0. The van der Waals surface area contributed by atoms with Gasteiger partial charge in [0.1, 0.15) is 22.9 Å². The number of aromatic nitrogens is 13. The van der Waals surface area contributed by atoms with E-state index in [0.29, 0.717) is 0 Å². The van der Waals surface area contributed by atoms with Gasteiger partial charge in [-0.2, -0.15) is 15.3 Å². The number of imidazole rings is 6. The highest BCUT2D eigenvalue weighted by Gasteiger charge is 2.22. The minimum Gasteiger partial charge on any atom is -0.497 e. The maximum atomic E-state index is 5.21. The molecule has 20 aromatic rings. The predicted octanol–water partition coefficient (Wildman–Crippen LogP) is 18.7. The number of hydrogen-bond acceptors (Lipinski definition) is 11. The second-order valence-corrected chi connectivity index (χ2v) is 25.5. The van der Waals surface area contributed by atoms with E-state index in [-0.39, 0.29) is 0 Å². The third kappa shape index (κ3) is 12.1. The molecule has 0 spiro atoms. The number of para-hydroxylation sites is 7. The van der Waals surface area contributed by atoms with Crippen LogP contribution in [0.4, 0.5) is 5.69 Å². The highest BCUT2D eigenvalue weighted by atomic mass is 16.5. The van der Waals surface area contributed by atoms with E-state index >= 15 is 0 Å². The number of H-pyrrole nitrogens is 1. The smallest absolute Gasteiger partial charge is 0.213 e. The van der Waals surface area contributed by atoms with E-state index in [0.717, 1.165) is 141 Å². The summed E-state index contributed by atoms with van der Waals surface area (Å²) >= 11 is 0. The van der Waals surface area contributed by atoms with Crippen LogP contribution in [0.25, 0.3) is 134 Å². The fourth-order valence-corrected chi connectivity index (χ4v) is 14.0. The zero-order chi connectivity index (χ0) is 70.9. The Morgan fingerprint density at radius 2 is 1.19 bits per heavy atom. The Labute approximate surface area is 607 Å². The summed E-state index contributed by atoms with van der Waals surface area (Å²) in [5.41, 5.74) is 20.5. The van der Waals surface area contributed by atoms with Gasteiger partial charge < -0.3 is 14.1 Å². The minimum atomic E-state index is 0.770. The quantitative estimate of drug-likeness (QED) is 0.153. The second-order valence-electron chi connectivity index (χ2n) is 25.5. The van der Waals surface area contributed by atoms with Crippen molar-refractivity contribution in [3.8, 4) is 50.8 Å². The van der Waals surface area contributed by atoms with Gasteiger partial charge in [0.2, 0.25) is 5.78 Å². The number of aryl methyl sites for hydroxylation is 1. The number of rotatable bonds is 7. The number of benzene rings is 11. The van der Waals surface area contributed by atoms with Crippen molar-refractivity contribution in [2.45, 2.75) is 13.3 Å². The van der Waals surface area contributed by atoms with E-state index in [2.05, 4.69) is 201 Å². The van der Waals surface area contributed by atoms with Crippen LogP contribution in [0.15, 0.2) is 331 Å². The normalized spacial score (nSPS) is 12.6. The SMILES string of the molecule is C(/c1ccccc1)=c1\cnn2c1nc1ccccc12.C1=Nn2c(-c3cccc4ccccc34)cnc2C1=Nc1ccccc1.C1=Nn2c(nc3ccccc32)C1.COc1ccc(-c2nc3[nH]c4ccccc4n3c2C)cc1.c1ccc(-c2cccn3cc(-c4c5ccccc5cc5ccccc45)nc23)nc1. The van der Waals surface area contributed by atoms with Gasteiger partial charge >= 0.3 is 0 Å². The number of hydrogen-bond donors (Lipinski definition) is 1. The highest BCUT2D eigenvalue weighted by Crippen LogP contribution is 2.38. The molecule has 0 aliphatic carbocycles. The van der Waals surface area contributed by atoms with Crippen LogP contribution in [0.2, 0.25) is 0 Å². The Balaban J connectivity index is 0.0000000961. The Morgan fingerprint density at radius 1 is 0.519 bits per heavy atom. The molecular weight excluding hydrogens is 1310 g/mol. The van der Waals surface area contributed by atoms with Gasteiger partial charge in [0.15, 0.2) is 11.5 Å². The lowest BCUT2D eigenvalue weighted by molar-refractivity contribution is 0.415. The molecule has 17 nitrogen and oxygen atoms in total. The monoisotopic (exact) mass is 1370 g/mol. The molecule has 11 aromatic carbocycles. The third-order valence-electron chi connectivity index (χ3n) is 19.0. The highest BCUT2D eigenvalue weighted by molar-refractivity contribution is 6.39. The predicted molar refractivity (Wildman–Crippen MR) is 427 cm³/mol. The van der Waals surface area contributed by atoms with Crippen LogP contribution >= 0.6 is 0 Å². The lowest BCUT2D eigenvalue weighted by Crippen LogP contribution is -2.01. The fraction of sp³-hybridized carbons (Fsp3) is 0.0337. The molecule has 0 saturated heterocycles. The first-order chi connectivity index (χ1) is 52.4. The Hall–Kier alpha value is -14.6. The van der Waals surface area contributed by atoms with E-state index in [1.165, 1.54) is 37.9 Å². The molecule has 11 heterocycles. The molecule has 0 saturated carbocycles. The van der Waals surface area contributed by atoms with Gasteiger partial charge in [0.05, 0.1) is 87.3 Å².